The minimum Gasteiger partial charge on any atom is -0.342 e. The van der Waals surface area contributed by atoms with Crippen molar-refractivity contribution in [2.45, 2.75) is 33.2 Å². The van der Waals surface area contributed by atoms with Gasteiger partial charge in [0.25, 0.3) is 0 Å². The van der Waals surface area contributed by atoms with Crippen molar-refractivity contribution in [3.8, 4) is 0 Å². The largest absolute Gasteiger partial charge is 0.342 e. The average Bonchev–Trinajstić information content (AvgIpc) is 2.55. The maximum atomic E-state index is 12.1. The van der Waals surface area contributed by atoms with Gasteiger partial charge in [-0.05, 0) is 36.1 Å². The second-order valence-corrected chi connectivity index (χ2v) is 5.65. The Labute approximate surface area is 136 Å². The van der Waals surface area contributed by atoms with Crippen molar-refractivity contribution >= 4 is 17.5 Å². The number of hydrogen-bond acceptors (Lipinski definition) is 3. The van der Waals surface area contributed by atoms with Crippen molar-refractivity contribution in [2.24, 2.45) is 0 Å². The van der Waals surface area contributed by atoms with E-state index in [9.17, 15) is 9.59 Å². The fourth-order valence-corrected chi connectivity index (χ4v) is 2.27. The van der Waals surface area contributed by atoms with Crippen molar-refractivity contribution < 1.29 is 9.59 Å². The monoisotopic (exact) mass is 311 g/mol. The lowest BCUT2D eigenvalue weighted by Crippen LogP contribution is -2.35. The van der Waals surface area contributed by atoms with E-state index < -0.39 is 11.8 Å². The van der Waals surface area contributed by atoms with Gasteiger partial charge in [-0.15, -0.1) is 0 Å². The summed E-state index contributed by atoms with van der Waals surface area (Å²) < 4.78 is 0. The quantitative estimate of drug-likeness (QED) is 0.853. The van der Waals surface area contributed by atoms with Crippen molar-refractivity contribution in [2.75, 3.05) is 5.32 Å². The zero-order valence-electron chi connectivity index (χ0n) is 13.6. The van der Waals surface area contributed by atoms with Crippen molar-refractivity contribution in [3.63, 3.8) is 0 Å². The molecule has 0 aliphatic rings. The zero-order valence-corrected chi connectivity index (χ0v) is 13.6. The molecule has 0 aliphatic carbocycles. The van der Waals surface area contributed by atoms with E-state index in [1.54, 1.807) is 18.3 Å². The van der Waals surface area contributed by atoms with Gasteiger partial charge in [0.15, 0.2) is 0 Å². The van der Waals surface area contributed by atoms with Crippen LogP contribution >= 0.6 is 0 Å². The molecule has 5 heteroatoms. The van der Waals surface area contributed by atoms with Crippen LogP contribution in [0.4, 0.5) is 5.69 Å². The summed E-state index contributed by atoms with van der Waals surface area (Å²) in [6.45, 7) is 6.22. The van der Waals surface area contributed by atoms with Crippen LogP contribution in [0.2, 0.25) is 0 Å². The minimum atomic E-state index is -0.673. The maximum Gasteiger partial charge on any atom is 0.313 e. The molecule has 23 heavy (non-hydrogen) atoms. The highest BCUT2D eigenvalue weighted by molar-refractivity contribution is 6.39. The second kappa shape index (κ2) is 7.54. The molecule has 1 aromatic carbocycles. The second-order valence-electron chi connectivity index (χ2n) is 5.65. The van der Waals surface area contributed by atoms with Crippen LogP contribution < -0.4 is 10.6 Å². The summed E-state index contributed by atoms with van der Waals surface area (Å²) in [4.78, 5) is 28.2. The SMILES string of the molecule is Cc1cccc(C(C)C)c1NC(=O)C(=O)NCc1ccccn1. The molecule has 0 bridgehead atoms. The smallest absolute Gasteiger partial charge is 0.313 e. The number of hydrogen-bond donors (Lipinski definition) is 2. The number of benzene rings is 1. The molecule has 1 heterocycles. The number of nitrogens with zero attached hydrogens (tertiary/aromatic N) is 1. The van der Waals surface area contributed by atoms with Crippen LogP contribution in [0.3, 0.4) is 0 Å². The third-order valence-electron chi connectivity index (χ3n) is 3.53. The molecule has 0 fully saturated rings. The van der Waals surface area contributed by atoms with Gasteiger partial charge < -0.3 is 10.6 Å². The summed E-state index contributed by atoms with van der Waals surface area (Å²) in [6, 6.07) is 11.2. The summed E-state index contributed by atoms with van der Waals surface area (Å²) in [6.07, 6.45) is 1.64. The van der Waals surface area contributed by atoms with Gasteiger partial charge in [-0.25, -0.2) is 0 Å². The maximum absolute atomic E-state index is 12.1. The van der Waals surface area contributed by atoms with Gasteiger partial charge in [0.05, 0.1) is 12.2 Å². The Balaban J connectivity index is 2.03. The third-order valence-corrected chi connectivity index (χ3v) is 3.53. The summed E-state index contributed by atoms with van der Waals surface area (Å²) in [5.74, 6) is -1.09. The van der Waals surface area contributed by atoms with Gasteiger partial charge in [-0.3, -0.25) is 14.6 Å². The third kappa shape index (κ3) is 4.39. The predicted octanol–water partition coefficient (Wildman–Crippen LogP) is 2.77. The molecular weight excluding hydrogens is 290 g/mol. The molecule has 0 spiro atoms. The van der Waals surface area contributed by atoms with Crippen LogP contribution in [0, 0.1) is 6.92 Å². The minimum absolute atomic E-state index is 0.220. The van der Waals surface area contributed by atoms with Gasteiger partial charge in [-0.2, -0.15) is 0 Å². The highest BCUT2D eigenvalue weighted by Gasteiger charge is 2.17. The number of aryl methyl sites for hydroxylation is 1. The fourth-order valence-electron chi connectivity index (χ4n) is 2.27. The van der Waals surface area contributed by atoms with Crippen molar-refractivity contribution in [3.05, 3.63) is 59.4 Å². The molecule has 0 atom stereocenters. The summed E-state index contributed by atoms with van der Waals surface area (Å²) >= 11 is 0. The van der Waals surface area contributed by atoms with Crippen molar-refractivity contribution in [1.82, 2.24) is 10.3 Å². The number of carbonyl (C=O) groups excluding carboxylic acids is 2. The lowest BCUT2D eigenvalue weighted by atomic mass is 9.98. The Morgan fingerprint density at radius 1 is 1.09 bits per heavy atom. The molecule has 1 aromatic heterocycles. The number of anilines is 1. The zero-order chi connectivity index (χ0) is 16.8. The first-order valence-corrected chi connectivity index (χ1v) is 7.57. The Kier molecular flexibility index (Phi) is 5.46. The molecule has 0 radical (unpaired) electrons. The van der Waals surface area contributed by atoms with E-state index in [0.29, 0.717) is 11.4 Å². The molecule has 0 aliphatic heterocycles. The predicted molar refractivity (Wildman–Crippen MR) is 90.0 cm³/mol. The van der Waals surface area contributed by atoms with E-state index in [1.165, 1.54) is 0 Å². The number of carbonyl (C=O) groups is 2. The van der Waals surface area contributed by atoms with Crippen LogP contribution in [0.1, 0.15) is 36.6 Å². The highest BCUT2D eigenvalue weighted by Crippen LogP contribution is 2.27. The summed E-state index contributed by atoms with van der Waals surface area (Å²) in [7, 11) is 0. The number of aromatic nitrogens is 1. The van der Waals surface area contributed by atoms with Crippen LogP contribution in [-0.4, -0.2) is 16.8 Å². The van der Waals surface area contributed by atoms with E-state index in [4.69, 9.17) is 0 Å². The normalized spacial score (nSPS) is 10.4. The number of nitrogens with one attached hydrogen (secondary N) is 2. The van der Waals surface area contributed by atoms with Gasteiger partial charge in [0.2, 0.25) is 0 Å². The molecule has 0 saturated carbocycles. The first-order chi connectivity index (χ1) is 11.0. The van der Waals surface area contributed by atoms with E-state index in [2.05, 4.69) is 15.6 Å². The molecule has 120 valence electrons. The molecular formula is C18H21N3O2. The van der Waals surface area contributed by atoms with Gasteiger partial charge >= 0.3 is 11.8 Å². The first-order valence-electron chi connectivity index (χ1n) is 7.57. The molecule has 5 nitrogen and oxygen atoms in total. The Morgan fingerprint density at radius 3 is 2.52 bits per heavy atom. The Hall–Kier alpha value is -2.69. The van der Waals surface area contributed by atoms with Crippen molar-refractivity contribution in [1.29, 1.82) is 0 Å². The number of amides is 2. The lowest BCUT2D eigenvalue weighted by Gasteiger charge is -2.16. The summed E-state index contributed by atoms with van der Waals surface area (Å²) in [5, 5.41) is 5.30. The van der Waals surface area contributed by atoms with Gasteiger partial charge in [0, 0.05) is 11.9 Å². The molecule has 0 saturated heterocycles. The number of rotatable bonds is 4. The molecule has 2 amide bonds. The van der Waals surface area contributed by atoms with Gasteiger partial charge in [0.1, 0.15) is 0 Å². The van der Waals surface area contributed by atoms with Crippen LogP contribution in [0.5, 0.6) is 0 Å². The van der Waals surface area contributed by atoms with E-state index in [1.807, 2.05) is 45.0 Å². The number of para-hydroxylation sites is 1. The highest BCUT2D eigenvalue weighted by atomic mass is 16.2. The van der Waals surface area contributed by atoms with Crippen LogP contribution in [-0.2, 0) is 16.1 Å². The summed E-state index contributed by atoms with van der Waals surface area (Å²) in [5.41, 5.74) is 3.35. The Morgan fingerprint density at radius 2 is 1.87 bits per heavy atom. The number of pyridine rings is 1. The molecule has 2 N–H and O–H groups in total. The topological polar surface area (TPSA) is 71.1 Å². The molecule has 2 aromatic rings. The van der Waals surface area contributed by atoms with Gasteiger partial charge in [-0.1, -0.05) is 38.1 Å². The van der Waals surface area contributed by atoms with E-state index in [-0.39, 0.29) is 12.5 Å². The standard InChI is InChI=1S/C18H21N3O2/c1-12(2)15-9-6-7-13(3)16(15)21-18(23)17(22)20-11-14-8-4-5-10-19-14/h4-10,12H,11H2,1-3H3,(H,20,22)(H,21,23). The fraction of sp³-hybridized carbons (Fsp3) is 0.278. The van der Waals surface area contributed by atoms with Crippen LogP contribution in [0.15, 0.2) is 42.6 Å². The van der Waals surface area contributed by atoms with Crippen LogP contribution in [0.25, 0.3) is 0 Å². The average molecular weight is 311 g/mol. The van der Waals surface area contributed by atoms with E-state index >= 15 is 0 Å². The first kappa shape index (κ1) is 16.7. The lowest BCUT2D eigenvalue weighted by molar-refractivity contribution is -0.136. The molecule has 0 unspecified atom stereocenters. The molecule has 2 rings (SSSR count). The Bertz CT molecular complexity index is 697. The van der Waals surface area contributed by atoms with E-state index in [0.717, 1.165) is 11.1 Å².